The number of aliphatic hydroxyl groups is 1. The van der Waals surface area contributed by atoms with Gasteiger partial charge >= 0.3 is 0 Å². The number of carbonyl (C=O) groups excluding carboxylic acids is 1. The molecule has 0 heterocycles. The fraction of sp³-hybridized carbons (Fsp3) is 0.609. The first-order valence-corrected chi connectivity index (χ1v) is 10.6. The zero-order valence-electron chi connectivity index (χ0n) is 16.9. The van der Waals surface area contributed by atoms with Crippen LogP contribution in [0.1, 0.15) is 56.9 Å². The average molecular weight is 403 g/mol. The standard InChI is InChI=1S/C23H31FN2O3/c24-13-17(14-25)15-29-19-3-1-18(2-4-19)21-5-8-22(9-6-21,10-7-21)20(28)26-23(16-27)11-12-23/h1-4,13,27H,5-12,14-16,25H2,(H,26,28). The molecule has 29 heavy (non-hydrogen) atoms. The SMILES string of the molecule is NCC(=CF)COc1ccc(C23CCC(C(=O)NC4(CO)CC4)(CC2)CC3)cc1. The second kappa shape index (κ2) is 7.73. The Bertz CT molecular complexity index is 761. The third kappa shape index (κ3) is 3.80. The van der Waals surface area contributed by atoms with Crippen LogP contribution < -0.4 is 15.8 Å². The van der Waals surface area contributed by atoms with Crippen molar-refractivity contribution in [1.82, 2.24) is 5.32 Å². The largest absolute Gasteiger partial charge is 0.489 e. The van der Waals surface area contributed by atoms with E-state index in [0.29, 0.717) is 17.7 Å². The molecule has 6 heteroatoms. The molecule has 4 saturated carbocycles. The second-order valence-corrected chi connectivity index (χ2v) is 9.24. The van der Waals surface area contributed by atoms with E-state index in [0.717, 1.165) is 51.4 Å². The number of hydrogen-bond acceptors (Lipinski definition) is 4. The number of benzene rings is 1. The summed E-state index contributed by atoms with van der Waals surface area (Å²) in [7, 11) is 0. The van der Waals surface area contributed by atoms with Gasteiger partial charge in [-0.25, -0.2) is 4.39 Å². The Kier molecular flexibility index (Phi) is 5.42. The van der Waals surface area contributed by atoms with Gasteiger partial charge in [0, 0.05) is 17.5 Å². The number of ether oxygens (including phenoxy) is 1. The topological polar surface area (TPSA) is 84.6 Å². The van der Waals surface area contributed by atoms with Gasteiger partial charge in [0.15, 0.2) is 0 Å². The van der Waals surface area contributed by atoms with Crippen LogP contribution in [0, 0.1) is 5.41 Å². The highest BCUT2D eigenvalue weighted by Crippen LogP contribution is 2.58. The lowest BCUT2D eigenvalue weighted by atomic mass is 9.51. The fourth-order valence-corrected chi connectivity index (χ4v) is 5.02. The van der Waals surface area contributed by atoms with Gasteiger partial charge in [0.25, 0.3) is 0 Å². The van der Waals surface area contributed by atoms with E-state index in [1.54, 1.807) is 0 Å². The van der Waals surface area contributed by atoms with Crippen molar-refractivity contribution in [3.63, 3.8) is 0 Å². The monoisotopic (exact) mass is 402 g/mol. The maximum atomic E-state index is 13.0. The summed E-state index contributed by atoms with van der Waals surface area (Å²) in [6.45, 7) is 0.345. The van der Waals surface area contributed by atoms with Crippen LogP contribution in [0.5, 0.6) is 5.75 Å². The minimum Gasteiger partial charge on any atom is -0.489 e. The van der Waals surface area contributed by atoms with E-state index in [-0.39, 0.29) is 42.0 Å². The van der Waals surface area contributed by atoms with Crippen molar-refractivity contribution in [2.24, 2.45) is 11.1 Å². The fourth-order valence-electron chi connectivity index (χ4n) is 5.02. The Morgan fingerprint density at radius 2 is 1.72 bits per heavy atom. The number of nitrogens with two attached hydrogens (primary N) is 1. The van der Waals surface area contributed by atoms with E-state index in [2.05, 4.69) is 17.4 Å². The van der Waals surface area contributed by atoms with Crippen molar-refractivity contribution in [3.8, 4) is 5.75 Å². The molecule has 4 N–H and O–H groups in total. The Balaban J connectivity index is 1.38. The molecule has 5 rings (SSSR count). The summed E-state index contributed by atoms with van der Waals surface area (Å²) in [5.41, 5.74) is 6.72. The van der Waals surface area contributed by atoms with Crippen molar-refractivity contribution in [1.29, 1.82) is 0 Å². The molecule has 0 radical (unpaired) electrons. The van der Waals surface area contributed by atoms with Gasteiger partial charge in [-0.15, -0.1) is 0 Å². The van der Waals surface area contributed by atoms with Gasteiger partial charge in [-0.3, -0.25) is 4.79 Å². The molecular formula is C23H31FN2O3. The zero-order valence-corrected chi connectivity index (χ0v) is 16.9. The third-order valence-electron chi connectivity index (χ3n) is 7.57. The van der Waals surface area contributed by atoms with Crippen LogP contribution in [-0.4, -0.2) is 36.3 Å². The van der Waals surface area contributed by atoms with E-state index in [4.69, 9.17) is 10.5 Å². The number of nitrogens with one attached hydrogen (secondary N) is 1. The molecule has 0 saturated heterocycles. The molecule has 0 aliphatic heterocycles. The van der Waals surface area contributed by atoms with Crippen molar-refractivity contribution in [2.75, 3.05) is 19.8 Å². The number of aliphatic hydroxyl groups excluding tert-OH is 1. The summed E-state index contributed by atoms with van der Waals surface area (Å²) in [5, 5.41) is 12.7. The molecule has 0 atom stereocenters. The Labute approximate surface area is 171 Å². The molecule has 5 nitrogen and oxygen atoms in total. The highest BCUT2D eigenvalue weighted by Gasteiger charge is 2.55. The summed E-state index contributed by atoms with van der Waals surface area (Å²) < 4.78 is 18.2. The van der Waals surface area contributed by atoms with E-state index in [1.165, 1.54) is 5.56 Å². The lowest BCUT2D eigenvalue weighted by Crippen LogP contribution is -2.54. The molecule has 4 aliphatic carbocycles. The first-order chi connectivity index (χ1) is 14.0. The molecular weight excluding hydrogens is 371 g/mol. The Morgan fingerprint density at radius 3 is 2.21 bits per heavy atom. The van der Waals surface area contributed by atoms with Gasteiger partial charge in [0.2, 0.25) is 5.91 Å². The number of halogens is 1. The van der Waals surface area contributed by atoms with E-state index < -0.39 is 0 Å². The van der Waals surface area contributed by atoms with E-state index >= 15 is 0 Å². The molecule has 0 spiro atoms. The number of rotatable bonds is 8. The molecule has 4 fully saturated rings. The minimum atomic E-state index is -0.339. The van der Waals surface area contributed by atoms with Crippen molar-refractivity contribution in [3.05, 3.63) is 41.7 Å². The lowest BCUT2D eigenvalue weighted by molar-refractivity contribution is -0.139. The van der Waals surface area contributed by atoms with Crippen LogP contribution >= 0.6 is 0 Å². The van der Waals surface area contributed by atoms with Crippen LogP contribution in [0.4, 0.5) is 4.39 Å². The predicted octanol–water partition coefficient (Wildman–Crippen LogP) is 3.11. The average Bonchev–Trinajstić information content (AvgIpc) is 3.56. The summed E-state index contributed by atoms with van der Waals surface area (Å²) in [4.78, 5) is 13.0. The lowest BCUT2D eigenvalue weighted by Gasteiger charge is -2.53. The van der Waals surface area contributed by atoms with E-state index in [9.17, 15) is 14.3 Å². The molecule has 1 amide bonds. The van der Waals surface area contributed by atoms with Crippen molar-refractivity contribution < 1.29 is 19.0 Å². The summed E-state index contributed by atoms with van der Waals surface area (Å²) in [6, 6.07) is 8.11. The van der Waals surface area contributed by atoms with Crippen molar-refractivity contribution in [2.45, 2.75) is 62.3 Å². The van der Waals surface area contributed by atoms with Gasteiger partial charge in [-0.05, 0) is 74.5 Å². The first-order valence-electron chi connectivity index (χ1n) is 10.6. The number of fused-ring (bicyclic) bond motifs is 3. The molecule has 0 aromatic heterocycles. The van der Waals surface area contributed by atoms with Gasteiger partial charge in [-0.2, -0.15) is 0 Å². The molecule has 1 aromatic rings. The van der Waals surface area contributed by atoms with Crippen LogP contribution in [0.2, 0.25) is 0 Å². The Morgan fingerprint density at radius 1 is 1.10 bits per heavy atom. The van der Waals surface area contributed by atoms with Crippen LogP contribution in [0.15, 0.2) is 36.2 Å². The molecule has 1 aromatic carbocycles. The summed E-state index contributed by atoms with van der Waals surface area (Å²) >= 11 is 0. The third-order valence-corrected chi connectivity index (χ3v) is 7.57. The summed E-state index contributed by atoms with van der Waals surface area (Å²) in [5.74, 6) is 0.856. The molecule has 4 aliphatic rings. The number of carbonyl (C=O) groups is 1. The van der Waals surface area contributed by atoms with Crippen LogP contribution in [0.3, 0.4) is 0 Å². The highest BCUT2D eigenvalue weighted by atomic mass is 19.1. The first kappa shape index (κ1) is 20.4. The smallest absolute Gasteiger partial charge is 0.226 e. The zero-order chi connectivity index (χ0) is 20.5. The maximum Gasteiger partial charge on any atom is 0.226 e. The van der Waals surface area contributed by atoms with E-state index in [1.807, 2.05) is 12.1 Å². The summed E-state index contributed by atoms with van der Waals surface area (Å²) in [6.07, 6.45) is 8.01. The molecule has 2 bridgehead atoms. The number of amides is 1. The molecule has 158 valence electrons. The Hall–Kier alpha value is -1.92. The van der Waals surface area contributed by atoms with Gasteiger partial charge in [0.05, 0.1) is 18.5 Å². The quantitative estimate of drug-likeness (QED) is 0.624. The predicted molar refractivity (Wildman–Crippen MR) is 109 cm³/mol. The maximum absolute atomic E-state index is 13.0. The van der Waals surface area contributed by atoms with Crippen molar-refractivity contribution >= 4 is 5.91 Å². The van der Waals surface area contributed by atoms with Gasteiger partial charge in [-0.1, -0.05) is 12.1 Å². The van der Waals surface area contributed by atoms with Crippen LogP contribution in [-0.2, 0) is 10.2 Å². The van der Waals surface area contributed by atoms with Crippen LogP contribution in [0.25, 0.3) is 0 Å². The normalized spacial score (nSPS) is 30.1. The molecule has 0 unspecified atom stereocenters. The van der Waals surface area contributed by atoms with Gasteiger partial charge in [0.1, 0.15) is 12.4 Å². The highest BCUT2D eigenvalue weighted by molar-refractivity contribution is 5.84. The second-order valence-electron chi connectivity index (χ2n) is 9.24. The minimum absolute atomic E-state index is 0.0427. The van der Waals surface area contributed by atoms with Gasteiger partial charge < -0.3 is 20.9 Å². The number of hydrogen-bond donors (Lipinski definition) is 3.